The summed E-state index contributed by atoms with van der Waals surface area (Å²) in [5, 5.41) is 0. The molecule has 0 aromatic heterocycles. The number of benzene rings is 1. The second-order valence-corrected chi connectivity index (χ2v) is 9.10. The molecule has 2 saturated heterocycles. The highest BCUT2D eigenvalue weighted by molar-refractivity contribution is 7.93. The minimum atomic E-state index is -3.23. The Hall–Kier alpha value is -1.47. The highest BCUT2D eigenvalue weighted by Crippen LogP contribution is 2.45. The zero-order valence-corrected chi connectivity index (χ0v) is 14.7. The molecule has 0 unspecified atom stereocenters. The third kappa shape index (κ3) is 2.63. The maximum Gasteiger partial charge on any atom is 0.254 e. The Morgan fingerprint density at radius 3 is 2.75 bits per heavy atom. The van der Waals surface area contributed by atoms with Gasteiger partial charge in [0.2, 0.25) is 0 Å². The Morgan fingerprint density at radius 2 is 2.12 bits per heavy atom. The highest BCUT2D eigenvalue weighted by Gasteiger charge is 2.62. The van der Waals surface area contributed by atoms with Crippen molar-refractivity contribution in [1.29, 1.82) is 0 Å². The zero-order chi connectivity index (χ0) is 17.5. The molecule has 1 amide bonds. The lowest BCUT2D eigenvalue weighted by molar-refractivity contribution is 0.0270. The molecule has 2 fully saturated rings. The van der Waals surface area contributed by atoms with E-state index in [0.29, 0.717) is 30.8 Å². The average molecular weight is 355 g/mol. The smallest absolute Gasteiger partial charge is 0.254 e. The van der Waals surface area contributed by atoms with E-state index in [0.717, 1.165) is 0 Å². The normalized spacial score (nSPS) is 24.1. The monoisotopic (exact) mass is 355 g/mol. The number of likely N-dealkylation sites (tertiary alicyclic amines) is 1. The molecule has 3 rings (SSSR count). The van der Waals surface area contributed by atoms with Crippen molar-refractivity contribution in [1.82, 2.24) is 4.90 Å². The number of nitrogens with zero attached hydrogens (tertiary/aromatic N) is 1. The predicted molar refractivity (Wildman–Crippen MR) is 88.2 cm³/mol. The van der Waals surface area contributed by atoms with Gasteiger partial charge >= 0.3 is 0 Å². The third-order valence-corrected chi connectivity index (χ3v) is 7.85. The van der Waals surface area contributed by atoms with Gasteiger partial charge in [0.15, 0.2) is 9.84 Å². The molecule has 0 bridgehead atoms. The Kier molecular flexibility index (Phi) is 4.42. The number of rotatable bonds is 4. The van der Waals surface area contributed by atoms with E-state index in [2.05, 4.69) is 0 Å². The van der Waals surface area contributed by atoms with Gasteiger partial charge in [-0.2, -0.15) is 0 Å². The number of ether oxygens (including phenoxy) is 1. The Bertz CT molecular complexity index is 756. The summed E-state index contributed by atoms with van der Waals surface area (Å²) in [5.41, 5.74) is 0.976. The SMILES string of the molecule is CCOC[C@@H]1CCS(=O)(=O)C12CN(C(=O)c1ccc(F)cc1C)C2. The summed E-state index contributed by atoms with van der Waals surface area (Å²) >= 11 is 0. The Labute approximate surface area is 141 Å². The van der Waals surface area contributed by atoms with Gasteiger partial charge in [-0.15, -0.1) is 0 Å². The predicted octanol–water partition coefficient (Wildman–Crippen LogP) is 1.80. The summed E-state index contributed by atoms with van der Waals surface area (Å²) < 4.78 is 42.8. The van der Waals surface area contributed by atoms with Crippen molar-refractivity contribution in [2.24, 2.45) is 5.92 Å². The van der Waals surface area contributed by atoms with Gasteiger partial charge in [-0.05, 0) is 44.0 Å². The second kappa shape index (κ2) is 6.11. The summed E-state index contributed by atoms with van der Waals surface area (Å²) in [6, 6.07) is 4.02. The first-order valence-electron chi connectivity index (χ1n) is 8.16. The van der Waals surface area contributed by atoms with E-state index in [4.69, 9.17) is 4.74 Å². The summed E-state index contributed by atoms with van der Waals surface area (Å²) in [6.07, 6.45) is 0.583. The molecule has 1 atom stereocenters. The number of amides is 1. The minimum Gasteiger partial charge on any atom is -0.381 e. The number of halogens is 1. The average Bonchev–Trinajstić information content (AvgIpc) is 2.73. The van der Waals surface area contributed by atoms with Crippen molar-refractivity contribution >= 4 is 15.7 Å². The fourth-order valence-corrected chi connectivity index (χ4v) is 6.15. The zero-order valence-electron chi connectivity index (χ0n) is 13.9. The van der Waals surface area contributed by atoms with Crippen LogP contribution >= 0.6 is 0 Å². The number of aryl methyl sites for hydroxylation is 1. The number of hydrogen-bond acceptors (Lipinski definition) is 4. The van der Waals surface area contributed by atoms with Crippen LogP contribution in [0.1, 0.15) is 29.3 Å². The van der Waals surface area contributed by atoms with Gasteiger partial charge in [-0.1, -0.05) is 0 Å². The van der Waals surface area contributed by atoms with Crippen LogP contribution in [-0.2, 0) is 14.6 Å². The molecule has 5 nitrogen and oxygen atoms in total. The number of carbonyl (C=O) groups excluding carboxylic acids is 1. The Balaban J connectivity index is 1.78. The van der Waals surface area contributed by atoms with Crippen molar-refractivity contribution in [3.8, 4) is 0 Å². The molecule has 0 saturated carbocycles. The summed E-state index contributed by atoms with van der Waals surface area (Å²) in [7, 11) is -3.23. The first-order chi connectivity index (χ1) is 11.3. The molecule has 0 N–H and O–H groups in total. The summed E-state index contributed by atoms with van der Waals surface area (Å²) in [6.45, 7) is 4.91. The van der Waals surface area contributed by atoms with E-state index in [1.807, 2.05) is 6.92 Å². The number of carbonyl (C=O) groups is 1. The van der Waals surface area contributed by atoms with E-state index in [-0.39, 0.29) is 36.5 Å². The van der Waals surface area contributed by atoms with E-state index >= 15 is 0 Å². The molecular formula is C17H22FNO4S. The van der Waals surface area contributed by atoms with E-state index in [9.17, 15) is 17.6 Å². The van der Waals surface area contributed by atoms with Gasteiger partial charge in [0, 0.05) is 31.2 Å². The van der Waals surface area contributed by atoms with Gasteiger partial charge < -0.3 is 9.64 Å². The third-order valence-electron chi connectivity index (χ3n) is 5.24. The van der Waals surface area contributed by atoms with Crippen LogP contribution in [0, 0.1) is 18.7 Å². The quantitative estimate of drug-likeness (QED) is 0.826. The van der Waals surface area contributed by atoms with Crippen molar-refractivity contribution in [2.75, 3.05) is 32.1 Å². The molecular weight excluding hydrogens is 333 g/mol. The van der Waals surface area contributed by atoms with E-state index in [1.54, 1.807) is 11.8 Å². The largest absolute Gasteiger partial charge is 0.381 e. The molecule has 1 aromatic rings. The lowest BCUT2D eigenvalue weighted by atomic mass is 9.83. The van der Waals surface area contributed by atoms with Crippen LogP contribution in [-0.4, -0.2) is 56.0 Å². The molecule has 1 aromatic carbocycles. The van der Waals surface area contributed by atoms with Crippen molar-refractivity contribution in [3.05, 3.63) is 35.1 Å². The van der Waals surface area contributed by atoms with Gasteiger partial charge in [0.05, 0.1) is 12.4 Å². The summed E-state index contributed by atoms with van der Waals surface area (Å²) in [5.74, 6) is -0.544. The summed E-state index contributed by atoms with van der Waals surface area (Å²) in [4.78, 5) is 14.2. The fraction of sp³-hybridized carbons (Fsp3) is 0.588. The van der Waals surface area contributed by atoms with Gasteiger partial charge in [-0.25, -0.2) is 12.8 Å². The van der Waals surface area contributed by atoms with Crippen molar-refractivity contribution in [2.45, 2.75) is 25.0 Å². The van der Waals surface area contributed by atoms with Crippen molar-refractivity contribution < 1.29 is 22.3 Å². The molecule has 7 heteroatoms. The van der Waals surface area contributed by atoms with Crippen LogP contribution in [0.15, 0.2) is 18.2 Å². The standard InChI is InChI=1S/C17H22FNO4S/c1-3-23-9-13-6-7-24(21,22)17(13)10-19(11-17)16(20)15-5-4-14(18)8-12(15)2/h4-5,8,13H,3,6-7,9-11H2,1-2H3/t13-/m0/s1. The maximum atomic E-state index is 13.2. The van der Waals surface area contributed by atoms with Crippen LogP contribution < -0.4 is 0 Å². The highest BCUT2D eigenvalue weighted by atomic mass is 32.2. The van der Waals surface area contributed by atoms with Crippen LogP contribution in [0.4, 0.5) is 4.39 Å². The van der Waals surface area contributed by atoms with Crippen LogP contribution in [0.25, 0.3) is 0 Å². The van der Waals surface area contributed by atoms with E-state index in [1.165, 1.54) is 18.2 Å². The van der Waals surface area contributed by atoms with Crippen LogP contribution in [0.3, 0.4) is 0 Å². The molecule has 0 radical (unpaired) electrons. The van der Waals surface area contributed by atoms with Gasteiger partial charge in [0.25, 0.3) is 5.91 Å². The fourth-order valence-electron chi connectivity index (χ4n) is 3.75. The van der Waals surface area contributed by atoms with E-state index < -0.39 is 14.6 Å². The van der Waals surface area contributed by atoms with Crippen LogP contribution in [0.2, 0.25) is 0 Å². The first kappa shape index (κ1) is 17.4. The van der Waals surface area contributed by atoms with Gasteiger partial charge in [0.1, 0.15) is 10.6 Å². The molecule has 2 aliphatic rings. The van der Waals surface area contributed by atoms with Gasteiger partial charge in [-0.3, -0.25) is 4.79 Å². The topological polar surface area (TPSA) is 63.7 Å². The number of sulfone groups is 1. The maximum absolute atomic E-state index is 13.2. The molecule has 24 heavy (non-hydrogen) atoms. The Morgan fingerprint density at radius 1 is 1.42 bits per heavy atom. The molecule has 2 heterocycles. The lowest BCUT2D eigenvalue weighted by Gasteiger charge is -2.50. The van der Waals surface area contributed by atoms with Crippen LogP contribution in [0.5, 0.6) is 0 Å². The molecule has 0 aliphatic carbocycles. The molecule has 132 valence electrons. The molecule has 2 aliphatic heterocycles. The lowest BCUT2D eigenvalue weighted by Crippen LogP contribution is -2.68. The number of hydrogen-bond donors (Lipinski definition) is 0. The minimum absolute atomic E-state index is 0.0687. The molecule has 1 spiro atoms. The second-order valence-electron chi connectivity index (χ2n) is 6.65. The van der Waals surface area contributed by atoms with Crippen molar-refractivity contribution in [3.63, 3.8) is 0 Å². The first-order valence-corrected chi connectivity index (χ1v) is 9.81.